The van der Waals surface area contributed by atoms with Crippen molar-refractivity contribution in [3.63, 3.8) is 0 Å². The Morgan fingerprint density at radius 3 is 2.56 bits per heavy atom. The number of fused-ring (bicyclic) bond motifs is 1. The molecular formula is C27H19N5O2. The van der Waals surface area contributed by atoms with Gasteiger partial charge in [-0.1, -0.05) is 42.5 Å². The van der Waals surface area contributed by atoms with Crippen molar-refractivity contribution in [3.05, 3.63) is 108 Å². The maximum absolute atomic E-state index is 13.1. The first kappa shape index (κ1) is 20.9. The first-order valence-corrected chi connectivity index (χ1v) is 10.6. The number of carbonyl (C=O) groups excluding carboxylic acids is 1. The summed E-state index contributed by atoms with van der Waals surface area (Å²) < 4.78 is 7.31. The molecule has 0 bridgehead atoms. The number of carbonyl (C=O) groups is 1. The van der Waals surface area contributed by atoms with Crippen LogP contribution in [-0.2, 0) is 0 Å². The molecular weight excluding hydrogens is 426 g/mol. The van der Waals surface area contributed by atoms with Gasteiger partial charge in [0.15, 0.2) is 11.6 Å². The van der Waals surface area contributed by atoms with Crippen LogP contribution in [-0.4, -0.2) is 20.7 Å². The molecule has 34 heavy (non-hydrogen) atoms. The molecule has 0 fully saturated rings. The summed E-state index contributed by atoms with van der Waals surface area (Å²) in [5.74, 6) is 1.56. The molecule has 0 unspecified atom stereocenters. The highest BCUT2D eigenvalue weighted by Gasteiger charge is 2.18. The summed E-state index contributed by atoms with van der Waals surface area (Å²) in [6, 6.07) is 27.9. The van der Waals surface area contributed by atoms with Gasteiger partial charge in [0.05, 0.1) is 11.7 Å². The predicted molar refractivity (Wildman–Crippen MR) is 129 cm³/mol. The first-order valence-electron chi connectivity index (χ1n) is 10.6. The van der Waals surface area contributed by atoms with Crippen LogP contribution < -0.4 is 10.1 Å². The van der Waals surface area contributed by atoms with E-state index in [1.165, 1.54) is 10.9 Å². The van der Waals surface area contributed by atoms with E-state index in [1.807, 2.05) is 67.6 Å². The van der Waals surface area contributed by atoms with E-state index in [0.717, 1.165) is 16.5 Å². The molecule has 3 aromatic carbocycles. The maximum atomic E-state index is 13.1. The lowest BCUT2D eigenvalue weighted by Crippen LogP contribution is -2.16. The predicted octanol–water partition coefficient (Wildman–Crippen LogP) is 5.65. The molecule has 0 saturated carbocycles. The van der Waals surface area contributed by atoms with Crippen LogP contribution in [0.3, 0.4) is 0 Å². The fourth-order valence-corrected chi connectivity index (χ4v) is 3.67. The van der Waals surface area contributed by atoms with Crippen molar-refractivity contribution in [3.8, 4) is 23.4 Å². The van der Waals surface area contributed by atoms with Gasteiger partial charge in [0.25, 0.3) is 5.91 Å². The normalized spacial score (nSPS) is 10.6. The lowest BCUT2D eigenvalue weighted by Gasteiger charge is -2.12. The molecule has 5 rings (SSSR count). The Morgan fingerprint density at radius 1 is 0.971 bits per heavy atom. The minimum Gasteiger partial charge on any atom is -0.457 e. The number of nitrogens with zero attached hydrogens (tertiary/aromatic N) is 4. The molecule has 7 nitrogen and oxygen atoms in total. The fraction of sp³-hybridized carbons (Fsp3) is 0.0370. The number of pyridine rings is 1. The minimum atomic E-state index is -0.394. The molecule has 5 aromatic rings. The Balaban J connectivity index is 1.47. The lowest BCUT2D eigenvalue weighted by atomic mass is 10.1. The summed E-state index contributed by atoms with van der Waals surface area (Å²) in [6.45, 7) is 1.98. The van der Waals surface area contributed by atoms with E-state index in [4.69, 9.17) is 4.74 Å². The molecule has 0 aliphatic carbocycles. The second kappa shape index (κ2) is 8.88. The number of rotatable bonds is 5. The molecule has 0 aliphatic heterocycles. The fourth-order valence-electron chi connectivity index (χ4n) is 3.67. The Bertz CT molecular complexity index is 1550. The number of amides is 1. The first-order chi connectivity index (χ1) is 16.6. The van der Waals surface area contributed by atoms with Gasteiger partial charge >= 0.3 is 0 Å². The van der Waals surface area contributed by atoms with Gasteiger partial charge < -0.3 is 10.1 Å². The van der Waals surface area contributed by atoms with Gasteiger partial charge in [0.2, 0.25) is 0 Å². The third kappa shape index (κ3) is 4.08. The molecule has 0 spiro atoms. The van der Waals surface area contributed by atoms with E-state index < -0.39 is 5.91 Å². The highest BCUT2D eigenvalue weighted by molar-refractivity contribution is 6.04. The second-order valence-corrected chi connectivity index (χ2v) is 7.64. The van der Waals surface area contributed by atoms with E-state index in [1.54, 1.807) is 24.3 Å². The number of nitriles is 1. The summed E-state index contributed by atoms with van der Waals surface area (Å²) in [7, 11) is 0. The van der Waals surface area contributed by atoms with Crippen LogP contribution in [0.4, 0.5) is 5.82 Å². The Labute approximate surface area is 195 Å². The molecule has 1 N–H and O–H groups in total. The van der Waals surface area contributed by atoms with Crippen molar-refractivity contribution in [2.45, 2.75) is 6.92 Å². The van der Waals surface area contributed by atoms with Crippen LogP contribution in [0.15, 0.2) is 91.1 Å². The molecule has 2 heterocycles. The Morgan fingerprint density at radius 2 is 1.74 bits per heavy atom. The van der Waals surface area contributed by atoms with Crippen LogP contribution in [0.5, 0.6) is 11.5 Å². The van der Waals surface area contributed by atoms with Crippen molar-refractivity contribution in [2.24, 2.45) is 0 Å². The molecule has 0 radical (unpaired) electrons. The van der Waals surface area contributed by atoms with Crippen LogP contribution in [0, 0.1) is 18.3 Å². The Hall–Kier alpha value is -4.96. The summed E-state index contributed by atoms with van der Waals surface area (Å²) in [4.78, 5) is 17.8. The van der Waals surface area contributed by atoms with Gasteiger partial charge in [-0.15, -0.1) is 0 Å². The van der Waals surface area contributed by atoms with Gasteiger partial charge in [-0.3, -0.25) is 4.79 Å². The molecule has 2 aromatic heterocycles. The van der Waals surface area contributed by atoms with E-state index in [-0.39, 0.29) is 11.4 Å². The number of para-hydroxylation sites is 2. The summed E-state index contributed by atoms with van der Waals surface area (Å²) >= 11 is 0. The number of anilines is 1. The second-order valence-electron chi connectivity index (χ2n) is 7.64. The zero-order valence-corrected chi connectivity index (χ0v) is 18.3. The lowest BCUT2D eigenvalue weighted by molar-refractivity contribution is 0.102. The summed E-state index contributed by atoms with van der Waals surface area (Å²) in [6.07, 6.45) is 1.41. The number of aromatic nitrogens is 3. The zero-order chi connectivity index (χ0) is 23.5. The van der Waals surface area contributed by atoms with Crippen molar-refractivity contribution < 1.29 is 9.53 Å². The van der Waals surface area contributed by atoms with Crippen LogP contribution in [0.2, 0.25) is 0 Å². The third-order valence-electron chi connectivity index (χ3n) is 5.32. The van der Waals surface area contributed by atoms with Crippen molar-refractivity contribution in [1.82, 2.24) is 14.8 Å². The van der Waals surface area contributed by atoms with Crippen molar-refractivity contribution >= 4 is 22.6 Å². The van der Waals surface area contributed by atoms with Crippen molar-refractivity contribution in [2.75, 3.05) is 5.32 Å². The SMILES string of the molecule is Cc1cc(-n2ncc(C#N)c2NC(=O)c2cccc(Oc3ccccc3)c2)nc2ccccc12. The molecule has 0 aliphatic rings. The average Bonchev–Trinajstić information content (AvgIpc) is 3.27. The smallest absolute Gasteiger partial charge is 0.256 e. The Kier molecular flexibility index (Phi) is 5.46. The van der Waals surface area contributed by atoms with Gasteiger partial charge in [-0.2, -0.15) is 15.0 Å². The summed E-state index contributed by atoms with van der Waals surface area (Å²) in [5.41, 5.74) is 2.43. The number of aryl methyl sites for hydroxylation is 1. The summed E-state index contributed by atoms with van der Waals surface area (Å²) in [5, 5.41) is 17.8. The molecule has 7 heteroatoms. The largest absolute Gasteiger partial charge is 0.457 e. The van der Waals surface area contributed by atoms with Crippen molar-refractivity contribution in [1.29, 1.82) is 5.26 Å². The van der Waals surface area contributed by atoms with Crippen LogP contribution >= 0.6 is 0 Å². The van der Waals surface area contributed by atoms with Gasteiger partial charge in [0, 0.05) is 10.9 Å². The topological polar surface area (TPSA) is 92.8 Å². The van der Waals surface area contributed by atoms with E-state index >= 15 is 0 Å². The molecule has 164 valence electrons. The monoisotopic (exact) mass is 445 g/mol. The van der Waals surface area contributed by atoms with Gasteiger partial charge in [-0.25, -0.2) is 4.98 Å². The van der Waals surface area contributed by atoms with E-state index in [9.17, 15) is 10.1 Å². The van der Waals surface area contributed by atoms with Gasteiger partial charge in [0.1, 0.15) is 23.1 Å². The molecule has 0 saturated heterocycles. The van der Waals surface area contributed by atoms with E-state index in [0.29, 0.717) is 22.9 Å². The number of hydrogen-bond donors (Lipinski definition) is 1. The average molecular weight is 445 g/mol. The van der Waals surface area contributed by atoms with Gasteiger partial charge in [-0.05, 0) is 55.0 Å². The zero-order valence-electron chi connectivity index (χ0n) is 18.3. The third-order valence-corrected chi connectivity index (χ3v) is 5.32. The number of hydrogen-bond acceptors (Lipinski definition) is 5. The van der Waals surface area contributed by atoms with E-state index in [2.05, 4.69) is 21.5 Å². The molecule has 0 atom stereocenters. The number of nitrogens with one attached hydrogen (secondary N) is 1. The van der Waals surface area contributed by atoms with Crippen LogP contribution in [0.1, 0.15) is 21.5 Å². The molecule has 1 amide bonds. The minimum absolute atomic E-state index is 0.234. The highest BCUT2D eigenvalue weighted by Crippen LogP contribution is 2.25. The number of ether oxygens (including phenoxy) is 1. The quantitative estimate of drug-likeness (QED) is 0.378. The standard InChI is InChI=1S/C27H19N5O2/c1-18-14-25(30-24-13-6-5-12-23(18)24)32-26(20(16-28)17-29-32)31-27(33)19-8-7-11-22(15-19)34-21-9-3-2-4-10-21/h2-15,17H,1H3,(H,31,33). The highest BCUT2D eigenvalue weighted by atomic mass is 16.5. The number of benzene rings is 3. The maximum Gasteiger partial charge on any atom is 0.256 e. The van der Waals surface area contributed by atoms with Crippen LogP contribution in [0.25, 0.3) is 16.7 Å².